The molecular formula is C22H16N4. The summed E-state index contributed by atoms with van der Waals surface area (Å²) >= 11 is 0. The lowest BCUT2D eigenvalue weighted by Crippen LogP contribution is -1.85. The normalized spacial score (nSPS) is 11.5. The zero-order valence-electron chi connectivity index (χ0n) is 14.0. The van der Waals surface area contributed by atoms with Crippen LogP contribution in [-0.2, 0) is 0 Å². The van der Waals surface area contributed by atoms with E-state index in [1.165, 1.54) is 0 Å². The highest BCUT2D eigenvalue weighted by atomic mass is 14.9. The highest BCUT2D eigenvalue weighted by Crippen LogP contribution is 2.18. The smallest absolute Gasteiger partial charge is 0.151 e. The zero-order valence-corrected chi connectivity index (χ0v) is 14.0. The van der Waals surface area contributed by atoms with Crippen molar-refractivity contribution >= 4 is 34.8 Å². The van der Waals surface area contributed by atoms with Crippen LogP contribution >= 0.6 is 0 Å². The number of hydrogen-bond acceptors (Lipinski definition) is 4. The summed E-state index contributed by atoms with van der Waals surface area (Å²) in [5.41, 5.74) is 2.08. The molecule has 4 heteroatoms. The largest absolute Gasteiger partial charge is 0.237 e. The first-order valence-electron chi connectivity index (χ1n) is 8.31. The summed E-state index contributed by atoms with van der Waals surface area (Å²) in [5, 5.41) is 2.31. The molecule has 0 aliphatic carbocycles. The summed E-state index contributed by atoms with van der Waals surface area (Å²) in [6.45, 7) is 0. The van der Waals surface area contributed by atoms with Gasteiger partial charge < -0.3 is 0 Å². The predicted octanol–water partition coefficient (Wildman–Crippen LogP) is 5.13. The van der Waals surface area contributed by atoms with E-state index in [1.807, 2.05) is 48.8 Å². The molecule has 124 valence electrons. The molecule has 0 saturated carbocycles. The van der Waals surface area contributed by atoms with E-state index in [1.54, 1.807) is 12.4 Å². The molecule has 0 aliphatic heterocycles. The molecule has 0 bridgehead atoms. The Morgan fingerprint density at radius 1 is 0.577 bits per heavy atom. The minimum Gasteiger partial charge on any atom is -0.237 e. The molecule has 4 aromatic rings. The molecule has 2 heterocycles. The molecule has 0 saturated heterocycles. The van der Waals surface area contributed by atoms with Crippen molar-refractivity contribution < 1.29 is 0 Å². The lowest BCUT2D eigenvalue weighted by atomic mass is 10.0. The second-order valence-electron chi connectivity index (χ2n) is 5.76. The van der Waals surface area contributed by atoms with Crippen molar-refractivity contribution in [2.45, 2.75) is 0 Å². The third-order valence-corrected chi connectivity index (χ3v) is 3.88. The van der Waals surface area contributed by atoms with E-state index in [0.29, 0.717) is 11.6 Å². The molecule has 4 rings (SSSR count). The molecule has 2 aromatic carbocycles. The Kier molecular flexibility index (Phi) is 4.56. The molecule has 0 aliphatic rings. The van der Waals surface area contributed by atoms with Crippen LogP contribution in [-0.4, -0.2) is 22.4 Å². The van der Waals surface area contributed by atoms with Crippen molar-refractivity contribution in [3.63, 3.8) is 0 Å². The van der Waals surface area contributed by atoms with Crippen LogP contribution in [0.5, 0.6) is 0 Å². The van der Waals surface area contributed by atoms with E-state index in [9.17, 15) is 0 Å². The van der Waals surface area contributed by atoms with Crippen LogP contribution in [0.2, 0.25) is 0 Å². The quantitative estimate of drug-likeness (QED) is 0.485. The van der Waals surface area contributed by atoms with Gasteiger partial charge in [-0.15, -0.1) is 0 Å². The Bertz CT molecular complexity index is 982. The summed E-state index contributed by atoms with van der Waals surface area (Å²) in [7, 11) is 0. The Balaban J connectivity index is 1.56. The number of pyridine rings is 2. The summed E-state index contributed by atoms with van der Waals surface area (Å²) in [6.07, 6.45) is 7.14. The fourth-order valence-electron chi connectivity index (χ4n) is 2.58. The van der Waals surface area contributed by atoms with Crippen LogP contribution in [0.25, 0.3) is 10.8 Å². The van der Waals surface area contributed by atoms with Crippen LogP contribution < -0.4 is 0 Å². The van der Waals surface area contributed by atoms with E-state index in [2.05, 4.69) is 56.4 Å². The second kappa shape index (κ2) is 7.49. The van der Waals surface area contributed by atoms with Gasteiger partial charge in [0.25, 0.3) is 0 Å². The number of rotatable bonds is 4. The lowest BCUT2D eigenvalue weighted by Gasteiger charge is -2.01. The molecule has 0 spiro atoms. The van der Waals surface area contributed by atoms with Gasteiger partial charge in [0, 0.05) is 24.8 Å². The number of benzene rings is 2. The van der Waals surface area contributed by atoms with Crippen LogP contribution in [0.15, 0.2) is 95.2 Å². The third-order valence-electron chi connectivity index (χ3n) is 3.88. The van der Waals surface area contributed by atoms with Gasteiger partial charge in [-0.1, -0.05) is 36.4 Å². The molecular weight excluding hydrogens is 320 g/mol. The molecule has 0 unspecified atom stereocenters. The average Bonchev–Trinajstić information content (AvgIpc) is 2.72. The topological polar surface area (TPSA) is 50.5 Å². The maximum atomic E-state index is 4.40. The van der Waals surface area contributed by atoms with Gasteiger partial charge in [-0.3, -0.25) is 0 Å². The van der Waals surface area contributed by atoms with Crippen molar-refractivity contribution in [1.82, 2.24) is 9.97 Å². The average molecular weight is 336 g/mol. The Morgan fingerprint density at radius 2 is 1.08 bits per heavy atom. The third kappa shape index (κ3) is 3.87. The fraction of sp³-hybridized carbons (Fsp3) is 0. The number of aliphatic imine (C=N–C) groups is 2. The van der Waals surface area contributed by atoms with Crippen LogP contribution in [0.3, 0.4) is 0 Å². The van der Waals surface area contributed by atoms with Gasteiger partial charge in [-0.05, 0) is 58.3 Å². The molecule has 0 N–H and O–H groups in total. The molecule has 0 fully saturated rings. The molecule has 26 heavy (non-hydrogen) atoms. The first kappa shape index (κ1) is 15.8. The van der Waals surface area contributed by atoms with E-state index < -0.39 is 0 Å². The van der Waals surface area contributed by atoms with Crippen molar-refractivity contribution in [3.05, 3.63) is 96.3 Å². The monoisotopic (exact) mass is 336 g/mol. The summed E-state index contributed by atoms with van der Waals surface area (Å²) < 4.78 is 0. The van der Waals surface area contributed by atoms with E-state index in [0.717, 1.165) is 21.9 Å². The number of nitrogens with zero attached hydrogens (tertiary/aromatic N) is 4. The van der Waals surface area contributed by atoms with Crippen LogP contribution in [0.1, 0.15) is 11.1 Å². The van der Waals surface area contributed by atoms with E-state index in [-0.39, 0.29) is 0 Å². The van der Waals surface area contributed by atoms with Gasteiger partial charge in [0.15, 0.2) is 11.6 Å². The minimum absolute atomic E-state index is 0.702. The molecule has 4 nitrogen and oxygen atoms in total. The van der Waals surface area contributed by atoms with Gasteiger partial charge in [0.2, 0.25) is 0 Å². The van der Waals surface area contributed by atoms with Crippen LogP contribution in [0.4, 0.5) is 11.6 Å². The molecule has 0 atom stereocenters. The second-order valence-corrected chi connectivity index (χ2v) is 5.76. The number of fused-ring (bicyclic) bond motifs is 1. The Morgan fingerprint density at radius 3 is 1.50 bits per heavy atom. The first-order chi connectivity index (χ1) is 12.9. The van der Waals surface area contributed by atoms with Gasteiger partial charge in [0.05, 0.1) is 0 Å². The zero-order chi connectivity index (χ0) is 17.6. The summed E-state index contributed by atoms with van der Waals surface area (Å²) in [5.74, 6) is 1.40. The minimum atomic E-state index is 0.702. The summed E-state index contributed by atoms with van der Waals surface area (Å²) in [6, 6.07) is 23.9. The standard InChI is InChI=1S/C22H16N4/c1-3-11-23-21(5-1)25-15-17-7-9-20-14-18(8-10-19(20)13-17)16-26-22-6-2-4-12-24-22/h1-16H/b25-15+,26-16+. The predicted molar refractivity (Wildman–Crippen MR) is 107 cm³/mol. The van der Waals surface area contributed by atoms with Gasteiger partial charge in [-0.2, -0.15) is 0 Å². The van der Waals surface area contributed by atoms with E-state index >= 15 is 0 Å². The highest BCUT2D eigenvalue weighted by molar-refractivity contribution is 5.94. The van der Waals surface area contributed by atoms with Crippen molar-refractivity contribution in [2.75, 3.05) is 0 Å². The van der Waals surface area contributed by atoms with Crippen LogP contribution in [0, 0.1) is 0 Å². The van der Waals surface area contributed by atoms with Crippen molar-refractivity contribution in [2.24, 2.45) is 9.98 Å². The number of hydrogen-bond donors (Lipinski definition) is 0. The van der Waals surface area contributed by atoms with Gasteiger partial charge in [0.1, 0.15) is 0 Å². The maximum absolute atomic E-state index is 4.40. The van der Waals surface area contributed by atoms with E-state index in [4.69, 9.17) is 0 Å². The van der Waals surface area contributed by atoms with Gasteiger partial charge >= 0.3 is 0 Å². The Labute approximate surface area is 151 Å². The highest BCUT2D eigenvalue weighted by Gasteiger charge is 1.97. The Hall–Kier alpha value is -3.66. The lowest BCUT2D eigenvalue weighted by molar-refractivity contribution is 1.28. The number of aromatic nitrogens is 2. The van der Waals surface area contributed by atoms with Crippen molar-refractivity contribution in [1.29, 1.82) is 0 Å². The molecule has 0 amide bonds. The van der Waals surface area contributed by atoms with Gasteiger partial charge in [-0.25, -0.2) is 20.0 Å². The van der Waals surface area contributed by atoms with Crippen molar-refractivity contribution in [3.8, 4) is 0 Å². The fourth-order valence-corrected chi connectivity index (χ4v) is 2.58. The summed E-state index contributed by atoms with van der Waals surface area (Å²) in [4.78, 5) is 17.2. The first-order valence-corrected chi connectivity index (χ1v) is 8.31. The molecule has 2 aromatic heterocycles. The maximum Gasteiger partial charge on any atom is 0.151 e. The SMILES string of the molecule is C(=N\c1ccccn1)/c1ccc2cc(/C=N/c3ccccn3)ccc2c1. The molecule has 0 radical (unpaired) electrons.